The van der Waals surface area contributed by atoms with Crippen molar-refractivity contribution in [2.24, 2.45) is 0 Å². The van der Waals surface area contributed by atoms with Gasteiger partial charge < -0.3 is 10.1 Å². The molecule has 0 aliphatic heterocycles. The molecule has 0 heterocycles. The summed E-state index contributed by atoms with van der Waals surface area (Å²) in [6.45, 7) is 1.77. The van der Waals surface area contributed by atoms with Crippen LogP contribution < -0.4 is 10.1 Å². The van der Waals surface area contributed by atoms with Crippen molar-refractivity contribution in [3.8, 4) is 11.5 Å². The molecule has 4 heteroatoms. The van der Waals surface area contributed by atoms with Crippen LogP contribution in [0.3, 0.4) is 0 Å². The van der Waals surface area contributed by atoms with E-state index in [1.54, 1.807) is 6.92 Å². The highest BCUT2D eigenvalue weighted by Crippen LogP contribution is 2.29. The number of anilines is 1. The summed E-state index contributed by atoms with van der Waals surface area (Å²) in [4.78, 5) is 11.5. The molecule has 98 valence electrons. The fourth-order valence-electron chi connectivity index (χ4n) is 1.51. The number of carbonyl (C=O) groups is 1. The Morgan fingerprint density at radius 2 is 1.74 bits per heavy atom. The maximum Gasteiger partial charge on any atom is 0.237 e. The first-order valence-corrected chi connectivity index (χ1v) is 6.85. The number of para-hydroxylation sites is 3. The Kier molecular flexibility index (Phi) is 4.58. The summed E-state index contributed by atoms with van der Waals surface area (Å²) >= 11 is 3.24. The van der Waals surface area contributed by atoms with E-state index in [0.717, 1.165) is 5.75 Å². The Hall–Kier alpha value is -1.81. The van der Waals surface area contributed by atoms with Crippen LogP contribution >= 0.6 is 15.9 Å². The normalized spacial score (nSPS) is 11.7. The van der Waals surface area contributed by atoms with Crippen LogP contribution in [-0.4, -0.2) is 10.7 Å². The van der Waals surface area contributed by atoms with Crippen LogP contribution in [-0.2, 0) is 4.79 Å². The van der Waals surface area contributed by atoms with E-state index in [-0.39, 0.29) is 10.7 Å². The van der Waals surface area contributed by atoms with E-state index in [9.17, 15) is 4.79 Å². The second kappa shape index (κ2) is 6.38. The van der Waals surface area contributed by atoms with Crippen molar-refractivity contribution in [3.05, 3.63) is 54.6 Å². The first kappa shape index (κ1) is 13.6. The van der Waals surface area contributed by atoms with Crippen LogP contribution in [0.15, 0.2) is 54.6 Å². The quantitative estimate of drug-likeness (QED) is 0.858. The number of hydrogen-bond donors (Lipinski definition) is 1. The molecular formula is C15H14BrNO2. The lowest BCUT2D eigenvalue weighted by Gasteiger charge is -2.12. The highest BCUT2D eigenvalue weighted by Gasteiger charge is 2.12. The van der Waals surface area contributed by atoms with Crippen molar-refractivity contribution in [1.29, 1.82) is 0 Å². The van der Waals surface area contributed by atoms with Crippen molar-refractivity contribution in [3.63, 3.8) is 0 Å². The van der Waals surface area contributed by atoms with E-state index in [2.05, 4.69) is 21.2 Å². The molecule has 19 heavy (non-hydrogen) atoms. The number of rotatable bonds is 4. The second-order valence-corrected chi connectivity index (χ2v) is 5.39. The van der Waals surface area contributed by atoms with E-state index in [1.807, 2.05) is 54.6 Å². The standard InChI is InChI=1S/C15H14BrNO2/c1-11(16)15(18)17-13-9-5-6-10-14(13)19-12-7-3-2-4-8-12/h2-11H,1H3,(H,17,18). The maximum atomic E-state index is 11.7. The van der Waals surface area contributed by atoms with Crippen molar-refractivity contribution in [1.82, 2.24) is 0 Å². The summed E-state index contributed by atoms with van der Waals surface area (Å²) in [6, 6.07) is 16.8. The highest BCUT2D eigenvalue weighted by molar-refractivity contribution is 9.10. The molecule has 2 rings (SSSR count). The van der Waals surface area contributed by atoms with E-state index < -0.39 is 0 Å². The van der Waals surface area contributed by atoms with Gasteiger partial charge in [0.25, 0.3) is 0 Å². The monoisotopic (exact) mass is 319 g/mol. The molecular weight excluding hydrogens is 306 g/mol. The largest absolute Gasteiger partial charge is 0.455 e. The van der Waals surface area contributed by atoms with Crippen LogP contribution in [0.25, 0.3) is 0 Å². The van der Waals surface area contributed by atoms with Gasteiger partial charge >= 0.3 is 0 Å². The minimum atomic E-state index is -0.253. The molecule has 1 unspecified atom stereocenters. The summed E-state index contributed by atoms with van der Waals surface area (Å²) in [7, 11) is 0. The zero-order chi connectivity index (χ0) is 13.7. The lowest BCUT2D eigenvalue weighted by atomic mass is 10.2. The van der Waals surface area contributed by atoms with Crippen LogP contribution in [0.5, 0.6) is 11.5 Å². The molecule has 0 aliphatic rings. The molecule has 0 saturated heterocycles. The average Bonchev–Trinajstić information content (AvgIpc) is 2.42. The SMILES string of the molecule is CC(Br)C(=O)Nc1ccccc1Oc1ccccc1. The smallest absolute Gasteiger partial charge is 0.237 e. The molecule has 0 aromatic heterocycles. The lowest BCUT2D eigenvalue weighted by Crippen LogP contribution is -2.20. The molecule has 0 radical (unpaired) electrons. The van der Waals surface area contributed by atoms with Crippen LogP contribution in [0.2, 0.25) is 0 Å². The van der Waals surface area contributed by atoms with E-state index >= 15 is 0 Å². The van der Waals surface area contributed by atoms with Gasteiger partial charge in [-0.15, -0.1) is 0 Å². The van der Waals surface area contributed by atoms with Gasteiger partial charge in [-0.25, -0.2) is 0 Å². The van der Waals surface area contributed by atoms with Gasteiger partial charge in [-0.3, -0.25) is 4.79 Å². The van der Waals surface area contributed by atoms with E-state index in [4.69, 9.17) is 4.74 Å². The Morgan fingerprint density at radius 1 is 1.11 bits per heavy atom. The average molecular weight is 320 g/mol. The number of halogens is 1. The zero-order valence-electron chi connectivity index (χ0n) is 10.5. The van der Waals surface area contributed by atoms with Gasteiger partial charge in [-0.1, -0.05) is 46.3 Å². The summed E-state index contributed by atoms with van der Waals surface area (Å²) in [5.74, 6) is 1.25. The van der Waals surface area contributed by atoms with Gasteiger partial charge in [0.2, 0.25) is 5.91 Å². The summed E-state index contributed by atoms with van der Waals surface area (Å²) in [5.41, 5.74) is 0.655. The van der Waals surface area contributed by atoms with Gasteiger partial charge in [0.15, 0.2) is 5.75 Å². The van der Waals surface area contributed by atoms with Gasteiger partial charge in [0.1, 0.15) is 5.75 Å². The van der Waals surface area contributed by atoms with Gasteiger partial charge in [0.05, 0.1) is 10.5 Å². The zero-order valence-corrected chi connectivity index (χ0v) is 12.1. The molecule has 0 aliphatic carbocycles. The molecule has 2 aromatic rings. The fourth-order valence-corrected chi connectivity index (χ4v) is 1.62. The van der Waals surface area contributed by atoms with Crippen LogP contribution in [0, 0.1) is 0 Å². The molecule has 1 N–H and O–H groups in total. The number of nitrogens with one attached hydrogen (secondary N) is 1. The second-order valence-electron chi connectivity index (χ2n) is 4.02. The highest BCUT2D eigenvalue weighted by atomic mass is 79.9. The molecule has 0 fully saturated rings. The first-order chi connectivity index (χ1) is 9.16. The van der Waals surface area contributed by atoms with Crippen LogP contribution in [0.4, 0.5) is 5.69 Å². The fraction of sp³-hybridized carbons (Fsp3) is 0.133. The van der Waals surface area contributed by atoms with Crippen molar-refractivity contribution in [2.45, 2.75) is 11.8 Å². The molecule has 3 nitrogen and oxygen atoms in total. The molecule has 0 saturated carbocycles. The molecule has 2 aromatic carbocycles. The van der Waals surface area contributed by atoms with Crippen molar-refractivity contribution < 1.29 is 9.53 Å². The van der Waals surface area contributed by atoms with Gasteiger partial charge in [-0.2, -0.15) is 0 Å². The van der Waals surface area contributed by atoms with Gasteiger partial charge in [-0.05, 0) is 31.2 Å². The molecule has 1 amide bonds. The predicted octanol–water partition coefficient (Wildman–Crippen LogP) is 4.20. The Labute approximate surface area is 120 Å². The number of amides is 1. The Balaban J connectivity index is 2.19. The maximum absolute atomic E-state index is 11.7. The number of hydrogen-bond acceptors (Lipinski definition) is 2. The molecule has 0 spiro atoms. The van der Waals surface area contributed by atoms with Crippen molar-refractivity contribution >= 4 is 27.5 Å². The number of alkyl halides is 1. The molecule has 1 atom stereocenters. The molecule has 0 bridgehead atoms. The number of ether oxygens (including phenoxy) is 1. The first-order valence-electron chi connectivity index (χ1n) is 5.93. The summed E-state index contributed by atoms with van der Waals surface area (Å²) in [6.07, 6.45) is 0. The predicted molar refractivity (Wildman–Crippen MR) is 80.0 cm³/mol. The minimum absolute atomic E-state index is 0.107. The summed E-state index contributed by atoms with van der Waals surface area (Å²) < 4.78 is 5.76. The number of carbonyl (C=O) groups excluding carboxylic acids is 1. The topological polar surface area (TPSA) is 38.3 Å². The van der Waals surface area contributed by atoms with E-state index in [0.29, 0.717) is 11.4 Å². The third-order valence-corrected chi connectivity index (χ3v) is 2.89. The third-order valence-electron chi connectivity index (χ3n) is 2.48. The third kappa shape index (κ3) is 3.83. The van der Waals surface area contributed by atoms with Gasteiger partial charge in [0, 0.05) is 0 Å². The summed E-state index contributed by atoms with van der Waals surface area (Å²) in [5, 5.41) is 2.82. The van der Waals surface area contributed by atoms with E-state index in [1.165, 1.54) is 0 Å². The Bertz CT molecular complexity index is 555. The van der Waals surface area contributed by atoms with Crippen molar-refractivity contribution in [2.75, 3.05) is 5.32 Å². The van der Waals surface area contributed by atoms with Crippen LogP contribution in [0.1, 0.15) is 6.92 Å². The minimum Gasteiger partial charge on any atom is -0.455 e. The number of benzene rings is 2. The lowest BCUT2D eigenvalue weighted by molar-refractivity contribution is -0.115. The Morgan fingerprint density at radius 3 is 2.42 bits per heavy atom.